The SMILES string of the molecule is [C-]#[N+]CCCCC=O. The highest BCUT2D eigenvalue weighted by Gasteiger charge is 1.86. The van der Waals surface area contributed by atoms with Gasteiger partial charge in [0.15, 0.2) is 0 Å². The second kappa shape index (κ2) is 6.16. The van der Waals surface area contributed by atoms with Crippen LogP contribution in [0.2, 0.25) is 0 Å². The van der Waals surface area contributed by atoms with Crippen LogP contribution < -0.4 is 0 Å². The van der Waals surface area contributed by atoms with Gasteiger partial charge < -0.3 is 9.64 Å². The van der Waals surface area contributed by atoms with E-state index in [1.54, 1.807) is 0 Å². The van der Waals surface area contributed by atoms with Gasteiger partial charge in [-0.25, -0.2) is 6.57 Å². The Labute approximate surface area is 49.3 Å². The number of rotatable bonds is 4. The molecule has 0 heterocycles. The second-order valence-corrected chi connectivity index (χ2v) is 1.54. The highest BCUT2D eigenvalue weighted by molar-refractivity contribution is 5.48. The summed E-state index contributed by atoms with van der Waals surface area (Å²) in [6.07, 6.45) is 3.23. The van der Waals surface area contributed by atoms with Gasteiger partial charge in [-0.2, -0.15) is 0 Å². The van der Waals surface area contributed by atoms with Gasteiger partial charge in [0, 0.05) is 12.8 Å². The Morgan fingerprint density at radius 2 is 2.25 bits per heavy atom. The molecule has 0 radical (unpaired) electrons. The fourth-order valence-electron chi connectivity index (χ4n) is 0.419. The van der Waals surface area contributed by atoms with Crippen LogP contribution in [0.5, 0.6) is 0 Å². The maximum atomic E-state index is 9.69. The van der Waals surface area contributed by atoms with Crippen molar-refractivity contribution in [3.63, 3.8) is 0 Å². The molecule has 2 nitrogen and oxygen atoms in total. The van der Waals surface area contributed by atoms with Crippen LogP contribution in [0.15, 0.2) is 0 Å². The molecular weight excluding hydrogens is 102 g/mol. The first-order chi connectivity index (χ1) is 3.91. The van der Waals surface area contributed by atoms with Crippen LogP contribution in [0.3, 0.4) is 0 Å². The maximum Gasteiger partial charge on any atom is 0.214 e. The number of carbonyl (C=O) groups excluding carboxylic acids is 1. The van der Waals surface area contributed by atoms with Crippen molar-refractivity contribution in [1.29, 1.82) is 0 Å². The number of unbranched alkanes of at least 4 members (excludes halogenated alkanes) is 2. The molecule has 0 saturated carbocycles. The highest BCUT2D eigenvalue weighted by atomic mass is 16.1. The van der Waals surface area contributed by atoms with Crippen LogP contribution in [0.1, 0.15) is 19.3 Å². The monoisotopic (exact) mass is 111 g/mol. The van der Waals surface area contributed by atoms with Crippen LogP contribution in [0.25, 0.3) is 4.85 Å². The Balaban J connectivity index is 2.74. The van der Waals surface area contributed by atoms with Gasteiger partial charge in [0.1, 0.15) is 6.29 Å². The zero-order valence-electron chi connectivity index (χ0n) is 4.76. The lowest BCUT2D eigenvalue weighted by atomic mass is 10.2. The molecule has 44 valence electrons. The minimum absolute atomic E-state index is 0.563. The molecule has 0 unspecified atom stereocenters. The van der Waals surface area contributed by atoms with Crippen molar-refractivity contribution in [2.75, 3.05) is 6.54 Å². The molecule has 0 aliphatic carbocycles. The van der Waals surface area contributed by atoms with E-state index in [-0.39, 0.29) is 0 Å². The predicted octanol–water partition coefficient (Wildman–Crippen LogP) is 1.27. The van der Waals surface area contributed by atoms with Crippen molar-refractivity contribution in [2.24, 2.45) is 0 Å². The fraction of sp³-hybridized carbons (Fsp3) is 0.667. The average molecular weight is 111 g/mol. The highest BCUT2D eigenvalue weighted by Crippen LogP contribution is 1.91. The summed E-state index contributed by atoms with van der Waals surface area (Å²) in [6, 6.07) is 0. The van der Waals surface area contributed by atoms with Gasteiger partial charge in [0.2, 0.25) is 6.54 Å². The molecule has 0 amide bonds. The van der Waals surface area contributed by atoms with Crippen molar-refractivity contribution in [3.05, 3.63) is 11.4 Å². The standard InChI is InChI=1S/C6H9NO/c1-7-5-3-2-4-6-8/h6H,2-5H2. The van der Waals surface area contributed by atoms with Gasteiger partial charge in [0.25, 0.3) is 0 Å². The van der Waals surface area contributed by atoms with Crippen LogP contribution in [-0.4, -0.2) is 12.8 Å². The lowest BCUT2D eigenvalue weighted by Gasteiger charge is -1.82. The van der Waals surface area contributed by atoms with E-state index in [0.29, 0.717) is 13.0 Å². The molecule has 0 aromatic carbocycles. The molecule has 0 aromatic heterocycles. The van der Waals surface area contributed by atoms with E-state index in [1.165, 1.54) is 0 Å². The normalized spacial score (nSPS) is 7.88. The molecule has 0 aromatic rings. The Morgan fingerprint density at radius 3 is 2.75 bits per heavy atom. The Morgan fingerprint density at radius 1 is 1.50 bits per heavy atom. The molecule has 0 spiro atoms. The quantitative estimate of drug-likeness (QED) is 0.304. The zero-order valence-corrected chi connectivity index (χ0v) is 4.76. The molecule has 0 rings (SSSR count). The first-order valence-electron chi connectivity index (χ1n) is 2.68. The van der Waals surface area contributed by atoms with Gasteiger partial charge in [0.05, 0.1) is 0 Å². The Kier molecular flexibility index (Phi) is 5.51. The topological polar surface area (TPSA) is 21.4 Å². The molecule has 2 heteroatoms. The summed E-state index contributed by atoms with van der Waals surface area (Å²) in [5.41, 5.74) is 0. The minimum atomic E-state index is 0.563. The molecule has 0 aliphatic rings. The number of carbonyl (C=O) groups is 1. The number of hydrogen-bond acceptors (Lipinski definition) is 1. The molecule has 0 fully saturated rings. The van der Waals surface area contributed by atoms with Crippen molar-refractivity contribution in [2.45, 2.75) is 19.3 Å². The first kappa shape index (κ1) is 7.16. The summed E-state index contributed by atoms with van der Waals surface area (Å²) in [4.78, 5) is 12.8. The van der Waals surface area contributed by atoms with Gasteiger partial charge >= 0.3 is 0 Å². The maximum absolute atomic E-state index is 9.69. The molecule has 8 heavy (non-hydrogen) atoms. The van der Waals surface area contributed by atoms with Gasteiger partial charge in [-0.3, -0.25) is 0 Å². The van der Waals surface area contributed by atoms with E-state index < -0.39 is 0 Å². The summed E-state index contributed by atoms with van der Waals surface area (Å²) in [7, 11) is 0. The third kappa shape index (κ3) is 5.16. The lowest BCUT2D eigenvalue weighted by Crippen LogP contribution is -1.78. The van der Waals surface area contributed by atoms with Crippen LogP contribution >= 0.6 is 0 Å². The predicted molar refractivity (Wildman–Crippen MR) is 31.4 cm³/mol. The zero-order chi connectivity index (χ0) is 6.24. The second-order valence-electron chi connectivity index (χ2n) is 1.54. The van der Waals surface area contributed by atoms with E-state index in [9.17, 15) is 4.79 Å². The van der Waals surface area contributed by atoms with E-state index in [0.717, 1.165) is 19.1 Å². The van der Waals surface area contributed by atoms with Crippen molar-refractivity contribution in [1.82, 2.24) is 0 Å². The Hall–Kier alpha value is -0.840. The van der Waals surface area contributed by atoms with E-state index >= 15 is 0 Å². The van der Waals surface area contributed by atoms with Crippen LogP contribution in [0, 0.1) is 6.57 Å². The van der Waals surface area contributed by atoms with Crippen molar-refractivity contribution >= 4 is 6.29 Å². The summed E-state index contributed by atoms with van der Waals surface area (Å²) in [5.74, 6) is 0. The number of nitrogens with zero attached hydrogens (tertiary/aromatic N) is 1. The summed E-state index contributed by atoms with van der Waals surface area (Å²) in [5, 5.41) is 0. The third-order valence-corrected chi connectivity index (χ3v) is 0.842. The molecule has 0 aliphatic heterocycles. The fourth-order valence-corrected chi connectivity index (χ4v) is 0.419. The number of aldehydes is 1. The summed E-state index contributed by atoms with van der Waals surface area (Å²) >= 11 is 0. The van der Waals surface area contributed by atoms with Gasteiger partial charge in [-0.15, -0.1) is 0 Å². The molecule has 0 N–H and O–H groups in total. The molecular formula is C6H9NO. The van der Waals surface area contributed by atoms with E-state index in [4.69, 9.17) is 6.57 Å². The molecule has 0 bridgehead atoms. The van der Waals surface area contributed by atoms with Gasteiger partial charge in [-0.05, 0) is 6.42 Å². The van der Waals surface area contributed by atoms with Crippen molar-refractivity contribution < 1.29 is 4.79 Å². The average Bonchev–Trinajstić information content (AvgIpc) is 1.81. The smallest absolute Gasteiger partial charge is 0.214 e. The summed E-state index contributed by atoms with van der Waals surface area (Å²) in [6.45, 7) is 6.94. The van der Waals surface area contributed by atoms with E-state index in [1.807, 2.05) is 0 Å². The van der Waals surface area contributed by atoms with E-state index in [2.05, 4.69) is 4.85 Å². The summed E-state index contributed by atoms with van der Waals surface area (Å²) < 4.78 is 0. The third-order valence-electron chi connectivity index (χ3n) is 0.842. The lowest BCUT2D eigenvalue weighted by molar-refractivity contribution is -0.107. The minimum Gasteiger partial charge on any atom is -0.317 e. The van der Waals surface area contributed by atoms with Crippen molar-refractivity contribution in [3.8, 4) is 0 Å². The first-order valence-corrected chi connectivity index (χ1v) is 2.68. The number of hydrogen-bond donors (Lipinski definition) is 0. The Bertz CT molecular complexity index is 93.2. The molecule has 0 saturated heterocycles. The largest absolute Gasteiger partial charge is 0.317 e. The van der Waals surface area contributed by atoms with Crippen LogP contribution in [-0.2, 0) is 4.79 Å². The molecule has 0 atom stereocenters. The van der Waals surface area contributed by atoms with Gasteiger partial charge in [-0.1, -0.05) is 0 Å². The van der Waals surface area contributed by atoms with Crippen LogP contribution in [0.4, 0.5) is 0 Å².